The lowest BCUT2D eigenvalue weighted by Gasteiger charge is -2.31. The molecular formula is C20H22FN3O5S. The quantitative estimate of drug-likeness (QED) is 0.644. The molecule has 2 heterocycles. The Morgan fingerprint density at radius 1 is 1.30 bits per heavy atom. The number of nitrogens with one attached hydrogen (secondary N) is 1. The molecule has 0 bridgehead atoms. The summed E-state index contributed by atoms with van der Waals surface area (Å²) in [5.74, 6) is -2.37. The minimum Gasteiger partial charge on any atom is -0.477 e. The van der Waals surface area contributed by atoms with E-state index in [1.807, 2.05) is 4.90 Å². The molecule has 0 spiro atoms. The Bertz CT molecular complexity index is 940. The van der Waals surface area contributed by atoms with Crippen molar-refractivity contribution in [1.29, 1.82) is 0 Å². The molecule has 0 unspecified atom stereocenters. The zero-order valence-corrected chi connectivity index (χ0v) is 17.2. The second-order valence-corrected chi connectivity index (χ2v) is 7.82. The van der Waals surface area contributed by atoms with Crippen molar-refractivity contribution >= 4 is 34.3 Å². The van der Waals surface area contributed by atoms with E-state index in [0.29, 0.717) is 31.1 Å². The number of halogens is 1. The summed E-state index contributed by atoms with van der Waals surface area (Å²) in [6.45, 7) is 1.28. The summed E-state index contributed by atoms with van der Waals surface area (Å²) >= 11 is 1.00. The monoisotopic (exact) mass is 435 g/mol. The standard InChI is InChI=1S/C20H22FN3O5S/c1-29-15(25)6-9-22-18(26)12-7-10-24(11-8-12)20-23-16(17(30-20)19(27)28)13-4-2-3-5-14(13)21/h2-5,12H,6-11H2,1H3,(H,22,26)(H,27,28). The van der Waals surface area contributed by atoms with Gasteiger partial charge in [-0.15, -0.1) is 0 Å². The van der Waals surface area contributed by atoms with Gasteiger partial charge < -0.3 is 20.1 Å². The first-order chi connectivity index (χ1) is 14.4. The summed E-state index contributed by atoms with van der Waals surface area (Å²) < 4.78 is 18.7. The predicted molar refractivity (Wildman–Crippen MR) is 109 cm³/mol. The molecule has 30 heavy (non-hydrogen) atoms. The molecule has 1 saturated heterocycles. The summed E-state index contributed by atoms with van der Waals surface area (Å²) in [6.07, 6.45) is 1.26. The molecule has 0 radical (unpaired) electrons. The first kappa shape index (κ1) is 21.7. The van der Waals surface area contributed by atoms with E-state index in [9.17, 15) is 23.9 Å². The maximum Gasteiger partial charge on any atom is 0.348 e. The van der Waals surface area contributed by atoms with Crippen LogP contribution < -0.4 is 10.2 Å². The van der Waals surface area contributed by atoms with Crippen molar-refractivity contribution in [2.24, 2.45) is 5.92 Å². The van der Waals surface area contributed by atoms with E-state index in [1.54, 1.807) is 6.07 Å². The number of aromatic carboxylic acids is 1. The Labute approximate surface area is 176 Å². The molecule has 3 rings (SSSR count). The Hall–Kier alpha value is -3.01. The summed E-state index contributed by atoms with van der Waals surface area (Å²) in [5, 5.41) is 12.8. The van der Waals surface area contributed by atoms with Crippen LogP contribution in [0, 0.1) is 11.7 Å². The number of methoxy groups -OCH3 is 1. The van der Waals surface area contributed by atoms with Gasteiger partial charge in [-0.2, -0.15) is 0 Å². The van der Waals surface area contributed by atoms with Crippen LogP contribution in [0.15, 0.2) is 24.3 Å². The second-order valence-electron chi connectivity index (χ2n) is 6.84. The third-order valence-electron chi connectivity index (χ3n) is 4.93. The fraction of sp³-hybridized carbons (Fsp3) is 0.400. The smallest absolute Gasteiger partial charge is 0.348 e. The fourth-order valence-corrected chi connectivity index (χ4v) is 4.26. The van der Waals surface area contributed by atoms with Crippen LogP contribution in [0.3, 0.4) is 0 Å². The average Bonchev–Trinajstić information content (AvgIpc) is 3.19. The number of aromatic nitrogens is 1. The number of amides is 1. The highest BCUT2D eigenvalue weighted by Crippen LogP contribution is 2.35. The highest BCUT2D eigenvalue weighted by Gasteiger charge is 2.29. The molecule has 1 aliphatic heterocycles. The van der Waals surface area contributed by atoms with Crippen molar-refractivity contribution in [2.45, 2.75) is 19.3 Å². The number of piperidine rings is 1. The number of ether oxygens (including phenoxy) is 1. The van der Waals surface area contributed by atoms with Crippen LogP contribution >= 0.6 is 11.3 Å². The molecule has 8 nitrogen and oxygen atoms in total. The van der Waals surface area contributed by atoms with Gasteiger partial charge in [0, 0.05) is 31.1 Å². The third kappa shape index (κ3) is 4.93. The Balaban J connectivity index is 1.65. The molecule has 0 atom stereocenters. The summed E-state index contributed by atoms with van der Waals surface area (Å²) in [7, 11) is 1.30. The van der Waals surface area contributed by atoms with E-state index < -0.39 is 11.8 Å². The first-order valence-electron chi connectivity index (χ1n) is 9.49. The van der Waals surface area contributed by atoms with Crippen LogP contribution in [0.2, 0.25) is 0 Å². The van der Waals surface area contributed by atoms with Gasteiger partial charge >= 0.3 is 11.9 Å². The number of hydrogen-bond acceptors (Lipinski definition) is 7. The normalized spacial score (nSPS) is 14.4. The molecule has 2 N–H and O–H groups in total. The minimum absolute atomic E-state index is 0.0159. The Morgan fingerprint density at radius 2 is 2.00 bits per heavy atom. The maximum atomic E-state index is 14.2. The first-order valence-corrected chi connectivity index (χ1v) is 10.3. The van der Waals surface area contributed by atoms with Crippen LogP contribution in [-0.4, -0.2) is 54.7 Å². The van der Waals surface area contributed by atoms with Crippen LogP contribution in [0.4, 0.5) is 9.52 Å². The predicted octanol–water partition coefficient (Wildman–Crippen LogP) is 2.54. The number of esters is 1. The topological polar surface area (TPSA) is 109 Å². The number of carboxylic acid groups (broad SMARTS) is 1. The average molecular weight is 435 g/mol. The lowest BCUT2D eigenvalue weighted by molar-refractivity contribution is -0.140. The van der Waals surface area contributed by atoms with Gasteiger partial charge in [0.25, 0.3) is 0 Å². The van der Waals surface area contributed by atoms with Crippen molar-refractivity contribution in [3.63, 3.8) is 0 Å². The van der Waals surface area contributed by atoms with Gasteiger partial charge in [-0.25, -0.2) is 14.2 Å². The lowest BCUT2D eigenvalue weighted by Crippen LogP contribution is -2.41. The number of carbonyl (C=O) groups excluding carboxylic acids is 2. The Kier molecular flexibility index (Phi) is 6.99. The lowest BCUT2D eigenvalue weighted by atomic mass is 9.96. The van der Waals surface area contributed by atoms with E-state index >= 15 is 0 Å². The van der Waals surface area contributed by atoms with E-state index in [-0.39, 0.29) is 46.9 Å². The number of carbonyl (C=O) groups is 3. The van der Waals surface area contributed by atoms with E-state index in [4.69, 9.17) is 0 Å². The van der Waals surface area contributed by atoms with E-state index in [2.05, 4.69) is 15.0 Å². The second kappa shape index (κ2) is 9.66. The molecule has 1 fully saturated rings. The Morgan fingerprint density at radius 3 is 2.63 bits per heavy atom. The van der Waals surface area contributed by atoms with Crippen molar-refractivity contribution in [3.05, 3.63) is 35.0 Å². The summed E-state index contributed by atoms with van der Waals surface area (Å²) in [6, 6.07) is 5.94. The zero-order chi connectivity index (χ0) is 21.7. The van der Waals surface area contributed by atoms with Crippen LogP contribution in [0.1, 0.15) is 28.9 Å². The molecule has 1 aliphatic rings. The van der Waals surface area contributed by atoms with Gasteiger partial charge in [-0.3, -0.25) is 9.59 Å². The third-order valence-corrected chi connectivity index (χ3v) is 6.04. The summed E-state index contributed by atoms with van der Waals surface area (Å²) in [4.78, 5) is 41.4. The molecule has 0 aliphatic carbocycles. The zero-order valence-electron chi connectivity index (χ0n) is 16.4. The molecule has 10 heteroatoms. The van der Waals surface area contributed by atoms with E-state index in [0.717, 1.165) is 11.3 Å². The van der Waals surface area contributed by atoms with Crippen LogP contribution in [-0.2, 0) is 14.3 Å². The van der Waals surface area contributed by atoms with Gasteiger partial charge in [0.05, 0.1) is 13.5 Å². The SMILES string of the molecule is COC(=O)CCNC(=O)C1CCN(c2nc(-c3ccccc3F)c(C(=O)O)s2)CC1. The number of benzene rings is 1. The molecule has 1 aromatic carbocycles. The largest absolute Gasteiger partial charge is 0.477 e. The number of nitrogens with zero attached hydrogens (tertiary/aromatic N) is 2. The van der Waals surface area contributed by atoms with Gasteiger partial charge in [-0.1, -0.05) is 23.5 Å². The van der Waals surface area contributed by atoms with Crippen LogP contribution in [0.25, 0.3) is 11.3 Å². The molecule has 160 valence electrons. The molecule has 1 amide bonds. The van der Waals surface area contributed by atoms with Gasteiger partial charge in [0.1, 0.15) is 16.4 Å². The summed E-state index contributed by atoms with van der Waals surface area (Å²) in [5.41, 5.74) is 0.264. The van der Waals surface area contributed by atoms with Gasteiger partial charge in [0.2, 0.25) is 5.91 Å². The van der Waals surface area contributed by atoms with Gasteiger partial charge in [-0.05, 0) is 25.0 Å². The molecule has 0 saturated carbocycles. The van der Waals surface area contributed by atoms with Gasteiger partial charge in [0.15, 0.2) is 5.13 Å². The van der Waals surface area contributed by atoms with Crippen molar-refractivity contribution in [3.8, 4) is 11.3 Å². The van der Waals surface area contributed by atoms with Crippen molar-refractivity contribution in [2.75, 3.05) is 31.6 Å². The fourth-order valence-electron chi connectivity index (χ4n) is 3.29. The van der Waals surface area contributed by atoms with Crippen molar-refractivity contribution in [1.82, 2.24) is 10.3 Å². The van der Waals surface area contributed by atoms with E-state index in [1.165, 1.54) is 25.3 Å². The number of anilines is 1. The highest BCUT2D eigenvalue weighted by molar-refractivity contribution is 7.17. The van der Waals surface area contributed by atoms with Crippen molar-refractivity contribution < 1.29 is 28.6 Å². The highest BCUT2D eigenvalue weighted by atomic mass is 32.1. The number of carboxylic acids is 1. The maximum absolute atomic E-state index is 14.2. The molecule has 2 aromatic rings. The minimum atomic E-state index is -1.16. The number of hydrogen-bond donors (Lipinski definition) is 2. The number of thiazole rings is 1. The number of rotatable bonds is 7. The molecular weight excluding hydrogens is 413 g/mol. The van der Waals surface area contributed by atoms with Crippen LogP contribution in [0.5, 0.6) is 0 Å². The molecule has 1 aromatic heterocycles.